The summed E-state index contributed by atoms with van der Waals surface area (Å²) in [7, 11) is 0. The summed E-state index contributed by atoms with van der Waals surface area (Å²) in [4.78, 5) is 24.3. The Morgan fingerprint density at radius 2 is 1.48 bits per heavy atom. The second-order valence-corrected chi connectivity index (χ2v) is 7.54. The van der Waals surface area contributed by atoms with E-state index in [1.807, 2.05) is 20.8 Å². The summed E-state index contributed by atoms with van der Waals surface area (Å²) in [6, 6.07) is 11.6. The number of hydrogen-bond donors (Lipinski definition) is 2. The molecule has 0 saturated carbocycles. The van der Waals surface area contributed by atoms with Crippen LogP contribution in [0.4, 0.5) is 0 Å². The molecule has 0 heterocycles. The van der Waals surface area contributed by atoms with Crippen LogP contribution in [0.1, 0.15) is 47.1 Å². The molecule has 132 valence electrons. The van der Waals surface area contributed by atoms with Gasteiger partial charge in [0.15, 0.2) is 0 Å². The zero-order valence-corrected chi connectivity index (χ0v) is 15.8. The third-order valence-corrected chi connectivity index (χ3v) is 3.94. The molecule has 0 atom stereocenters. The molecule has 4 nitrogen and oxygen atoms in total. The first kappa shape index (κ1) is 19.3. The fraction of sp³-hybridized carbons (Fsp3) is 0.263. The number of benzene rings is 2. The van der Waals surface area contributed by atoms with E-state index in [2.05, 4.69) is 10.6 Å². The second kappa shape index (κ2) is 7.89. The Bertz CT molecular complexity index is 781. The van der Waals surface area contributed by atoms with Gasteiger partial charge in [0.2, 0.25) is 0 Å². The van der Waals surface area contributed by atoms with Gasteiger partial charge in [0.25, 0.3) is 11.8 Å². The molecule has 0 aliphatic carbocycles. The van der Waals surface area contributed by atoms with Crippen LogP contribution in [0.15, 0.2) is 42.5 Å². The molecule has 6 heteroatoms. The number of hydrogen-bond acceptors (Lipinski definition) is 2. The van der Waals surface area contributed by atoms with Crippen molar-refractivity contribution in [3.8, 4) is 0 Å². The molecule has 0 saturated heterocycles. The van der Waals surface area contributed by atoms with Crippen LogP contribution < -0.4 is 10.6 Å². The zero-order chi connectivity index (χ0) is 18.6. The van der Waals surface area contributed by atoms with Crippen molar-refractivity contribution in [2.24, 2.45) is 0 Å². The van der Waals surface area contributed by atoms with E-state index in [1.54, 1.807) is 42.5 Å². The highest BCUT2D eigenvalue weighted by atomic mass is 35.5. The molecule has 0 aliphatic rings. The SMILES string of the molecule is CC(C)(C)NC(=O)c1ccc(C(=O)NCc2ccc(Cl)cc2Cl)cc1. The Kier molecular flexibility index (Phi) is 6.09. The molecule has 0 aromatic heterocycles. The van der Waals surface area contributed by atoms with Gasteiger partial charge in [-0.15, -0.1) is 0 Å². The van der Waals surface area contributed by atoms with E-state index in [0.717, 1.165) is 5.56 Å². The van der Waals surface area contributed by atoms with E-state index in [-0.39, 0.29) is 17.4 Å². The lowest BCUT2D eigenvalue weighted by Crippen LogP contribution is -2.40. The summed E-state index contributed by atoms with van der Waals surface area (Å²) >= 11 is 11.9. The van der Waals surface area contributed by atoms with Crippen LogP contribution in [-0.2, 0) is 6.54 Å². The molecule has 2 N–H and O–H groups in total. The summed E-state index contributed by atoms with van der Waals surface area (Å²) in [6.45, 7) is 6.03. The maximum atomic E-state index is 12.2. The molecule has 2 rings (SSSR count). The molecule has 2 aromatic rings. The number of rotatable bonds is 4. The first-order valence-corrected chi connectivity index (χ1v) is 8.56. The molecule has 25 heavy (non-hydrogen) atoms. The van der Waals surface area contributed by atoms with Gasteiger partial charge in [-0.1, -0.05) is 29.3 Å². The number of halogens is 2. The molecule has 0 radical (unpaired) electrons. The maximum absolute atomic E-state index is 12.2. The second-order valence-electron chi connectivity index (χ2n) is 6.70. The highest BCUT2D eigenvalue weighted by Gasteiger charge is 2.15. The monoisotopic (exact) mass is 378 g/mol. The van der Waals surface area contributed by atoms with Gasteiger partial charge in [-0.3, -0.25) is 9.59 Å². The molecule has 0 fully saturated rings. The minimum absolute atomic E-state index is 0.174. The Labute approximate surface area is 157 Å². The van der Waals surface area contributed by atoms with Crippen LogP contribution in [0.25, 0.3) is 0 Å². The van der Waals surface area contributed by atoms with Gasteiger partial charge in [-0.2, -0.15) is 0 Å². The first-order chi connectivity index (χ1) is 11.7. The molecule has 0 bridgehead atoms. The molecule has 0 aliphatic heterocycles. The van der Waals surface area contributed by atoms with E-state index < -0.39 is 0 Å². The Morgan fingerprint density at radius 3 is 2.00 bits per heavy atom. The van der Waals surface area contributed by atoms with Crippen LogP contribution in [0, 0.1) is 0 Å². The molecular formula is C19H20Cl2N2O2. The van der Waals surface area contributed by atoms with Gasteiger partial charge in [-0.25, -0.2) is 0 Å². The lowest BCUT2D eigenvalue weighted by molar-refractivity contribution is 0.0915. The van der Waals surface area contributed by atoms with Gasteiger partial charge in [0, 0.05) is 33.3 Å². The van der Waals surface area contributed by atoms with Crippen LogP contribution in [-0.4, -0.2) is 17.4 Å². The summed E-state index contributed by atoms with van der Waals surface area (Å²) < 4.78 is 0. The third-order valence-electron chi connectivity index (χ3n) is 3.35. The number of carbonyl (C=O) groups is 2. The minimum atomic E-state index is -0.315. The number of amides is 2. The van der Waals surface area contributed by atoms with Crippen LogP contribution >= 0.6 is 23.2 Å². The van der Waals surface area contributed by atoms with Crippen molar-refractivity contribution in [1.29, 1.82) is 0 Å². The van der Waals surface area contributed by atoms with Crippen molar-refractivity contribution in [2.75, 3.05) is 0 Å². The predicted molar refractivity (Wildman–Crippen MR) is 101 cm³/mol. The van der Waals surface area contributed by atoms with E-state index in [4.69, 9.17) is 23.2 Å². The van der Waals surface area contributed by atoms with Gasteiger partial charge in [0.1, 0.15) is 0 Å². The smallest absolute Gasteiger partial charge is 0.251 e. The Balaban J connectivity index is 1.99. The molecule has 2 amide bonds. The van der Waals surface area contributed by atoms with Crippen LogP contribution in [0.2, 0.25) is 10.0 Å². The van der Waals surface area contributed by atoms with Gasteiger partial charge < -0.3 is 10.6 Å². The lowest BCUT2D eigenvalue weighted by atomic mass is 10.1. The number of nitrogens with one attached hydrogen (secondary N) is 2. The van der Waals surface area contributed by atoms with E-state index in [9.17, 15) is 9.59 Å². The fourth-order valence-corrected chi connectivity index (χ4v) is 2.60. The number of carbonyl (C=O) groups excluding carboxylic acids is 2. The van der Waals surface area contributed by atoms with Crippen molar-refractivity contribution in [2.45, 2.75) is 32.9 Å². The lowest BCUT2D eigenvalue weighted by Gasteiger charge is -2.20. The standard InChI is InChI=1S/C19H20Cl2N2O2/c1-19(2,3)23-18(25)13-6-4-12(5-7-13)17(24)22-11-14-8-9-15(20)10-16(14)21/h4-10H,11H2,1-3H3,(H,22,24)(H,23,25). The van der Waals surface area contributed by atoms with Gasteiger partial charge >= 0.3 is 0 Å². The largest absolute Gasteiger partial charge is 0.348 e. The topological polar surface area (TPSA) is 58.2 Å². The molecular weight excluding hydrogens is 359 g/mol. The van der Waals surface area contributed by atoms with Crippen LogP contribution in [0.5, 0.6) is 0 Å². The van der Waals surface area contributed by atoms with Crippen molar-refractivity contribution in [1.82, 2.24) is 10.6 Å². The van der Waals surface area contributed by atoms with E-state index >= 15 is 0 Å². The average molecular weight is 379 g/mol. The van der Waals surface area contributed by atoms with E-state index in [1.165, 1.54) is 0 Å². The predicted octanol–water partition coefficient (Wildman–Crippen LogP) is 4.45. The first-order valence-electron chi connectivity index (χ1n) is 7.80. The van der Waals surface area contributed by atoms with Gasteiger partial charge in [0.05, 0.1) is 0 Å². The average Bonchev–Trinajstić information content (AvgIpc) is 2.52. The van der Waals surface area contributed by atoms with Crippen molar-refractivity contribution >= 4 is 35.0 Å². The Morgan fingerprint density at radius 1 is 0.920 bits per heavy atom. The van der Waals surface area contributed by atoms with Gasteiger partial charge in [-0.05, 0) is 62.7 Å². The quantitative estimate of drug-likeness (QED) is 0.825. The summed E-state index contributed by atoms with van der Waals surface area (Å²) in [5, 5.41) is 6.72. The summed E-state index contributed by atoms with van der Waals surface area (Å²) in [6.07, 6.45) is 0. The zero-order valence-electron chi connectivity index (χ0n) is 14.3. The highest BCUT2D eigenvalue weighted by Crippen LogP contribution is 2.20. The summed E-state index contributed by atoms with van der Waals surface area (Å²) in [5.41, 5.74) is 1.44. The van der Waals surface area contributed by atoms with Crippen LogP contribution in [0.3, 0.4) is 0 Å². The third kappa shape index (κ3) is 5.76. The minimum Gasteiger partial charge on any atom is -0.348 e. The summed E-state index contributed by atoms with van der Waals surface area (Å²) in [5.74, 6) is -0.416. The molecule has 0 unspecified atom stereocenters. The molecule has 0 spiro atoms. The highest BCUT2D eigenvalue weighted by molar-refractivity contribution is 6.35. The van der Waals surface area contributed by atoms with Crippen molar-refractivity contribution in [3.63, 3.8) is 0 Å². The van der Waals surface area contributed by atoms with Crippen molar-refractivity contribution < 1.29 is 9.59 Å². The Hall–Kier alpha value is -2.04. The maximum Gasteiger partial charge on any atom is 0.251 e. The van der Waals surface area contributed by atoms with E-state index in [0.29, 0.717) is 27.7 Å². The molecule has 2 aromatic carbocycles. The fourth-order valence-electron chi connectivity index (χ4n) is 2.13. The van der Waals surface area contributed by atoms with Crippen molar-refractivity contribution in [3.05, 3.63) is 69.2 Å². The normalized spacial score (nSPS) is 11.1.